The molecule has 6 nitrogen and oxygen atoms in total. The summed E-state index contributed by atoms with van der Waals surface area (Å²) in [5.41, 5.74) is 0.911. The molecule has 3 rings (SSSR count). The van der Waals surface area contributed by atoms with Crippen molar-refractivity contribution in [2.45, 2.75) is 33.4 Å². The van der Waals surface area contributed by atoms with Gasteiger partial charge in [0.05, 0.1) is 6.04 Å². The number of amides is 1. The highest BCUT2D eigenvalue weighted by molar-refractivity contribution is 5.94. The lowest BCUT2D eigenvalue weighted by Gasteiger charge is -2.26. The Labute approximate surface area is 152 Å². The zero-order valence-corrected chi connectivity index (χ0v) is 15.1. The third-order valence-corrected chi connectivity index (χ3v) is 4.36. The zero-order valence-electron chi connectivity index (χ0n) is 15.1. The van der Waals surface area contributed by atoms with E-state index in [0.29, 0.717) is 29.5 Å². The maximum Gasteiger partial charge on any atom is 0.276 e. The van der Waals surface area contributed by atoms with Crippen molar-refractivity contribution >= 4 is 11.7 Å². The SMILES string of the molecule is CC(=O)c1ccc(OCc2cc(C(=O)N3CC=C[C@@H]3C(C)C)no2)cc1. The van der Waals surface area contributed by atoms with E-state index < -0.39 is 0 Å². The molecule has 0 fully saturated rings. The van der Waals surface area contributed by atoms with Crippen LogP contribution in [-0.2, 0) is 6.61 Å². The van der Waals surface area contributed by atoms with E-state index in [0.717, 1.165) is 0 Å². The first-order valence-corrected chi connectivity index (χ1v) is 8.62. The van der Waals surface area contributed by atoms with Crippen molar-refractivity contribution in [1.82, 2.24) is 10.1 Å². The molecule has 0 saturated carbocycles. The fraction of sp³-hybridized carbons (Fsp3) is 0.350. The van der Waals surface area contributed by atoms with Gasteiger partial charge in [-0.1, -0.05) is 31.2 Å². The van der Waals surface area contributed by atoms with Gasteiger partial charge >= 0.3 is 0 Å². The van der Waals surface area contributed by atoms with Gasteiger partial charge in [0.25, 0.3) is 5.91 Å². The van der Waals surface area contributed by atoms with Crippen LogP contribution in [0.4, 0.5) is 0 Å². The third-order valence-electron chi connectivity index (χ3n) is 4.36. The fourth-order valence-electron chi connectivity index (χ4n) is 2.91. The summed E-state index contributed by atoms with van der Waals surface area (Å²) in [6.45, 7) is 6.43. The van der Waals surface area contributed by atoms with Crippen molar-refractivity contribution in [2.75, 3.05) is 6.54 Å². The number of aromatic nitrogens is 1. The molecule has 6 heteroatoms. The second-order valence-electron chi connectivity index (χ2n) is 6.67. The number of hydrogen-bond donors (Lipinski definition) is 0. The molecule has 1 amide bonds. The summed E-state index contributed by atoms with van der Waals surface area (Å²) >= 11 is 0. The number of carbonyl (C=O) groups excluding carboxylic acids is 2. The van der Waals surface area contributed by atoms with Gasteiger partial charge in [-0.25, -0.2) is 0 Å². The standard InChI is InChI=1S/C20H22N2O4/c1-13(2)19-5-4-10-22(19)20(24)18-11-17(26-21-18)12-25-16-8-6-15(7-9-16)14(3)23/h4-9,11,13,19H,10,12H2,1-3H3/t19-/m1/s1. The summed E-state index contributed by atoms with van der Waals surface area (Å²) in [6, 6.07) is 8.56. The molecule has 1 aromatic heterocycles. The van der Waals surface area contributed by atoms with Crippen molar-refractivity contribution in [3.8, 4) is 5.75 Å². The first-order valence-electron chi connectivity index (χ1n) is 8.62. The lowest BCUT2D eigenvalue weighted by molar-refractivity contribution is 0.0709. The van der Waals surface area contributed by atoms with Crippen LogP contribution in [0.2, 0.25) is 0 Å². The third kappa shape index (κ3) is 3.85. The molecule has 2 heterocycles. The van der Waals surface area contributed by atoms with Gasteiger partial charge in [-0.05, 0) is 37.1 Å². The number of Topliss-reactive ketones (excluding diaryl/α,β-unsaturated/α-hetero) is 1. The first-order chi connectivity index (χ1) is 12.5. The molecule has 26 heavy (non-hydrogen) atoms. The molecule has 0 aliphatic carbocycles. The van der Waals surface area contributed by atoms with Gasteiger partial charge in [-0.2, -0.15) is 0 Å². The van der Waals surface area contributed by atoms with Crippen LogP contribution in [0.25, 0.3) is 0 Å². The van der Waals surface area contributed by atoms with Gasteiger partial charge in [0.15, 0.2) is 17.2 Å². The summed E-state index contributed by atoms with van der Waals surface area (Å²) in [4.78, 5) is 25.7. The molecule has 136 valence electrons. The molecule has 1 aliphatic rings. The van der Waals surface area contributed by atoms with Crippen molar-refractivity contribution < 1.29 is 18.8 Å². The van der Waals surface area contributed by atoms with Crippen LogP contribution in [-0.4, -0.2) is 34.3 Å². The Morgan fingerprint density at radius 1 is 1.31 bits per heavy atom. The van der Waals surface area contributed by atoms with Crippen LogP contribution in [0.5, 0.6) is 5.75 Å². The van der Waals surface area contributed by atoms with E-state index in [1.54, 1.807) is 35.2 Å². The minimum absolute atomic E-state index is 0.00560. The van der Waals surface area contributed by atoms with E-state index in [9.17, 15) is 9.59 Å². The molecule has 1 atom stereocenters. The summed E-state index contributed by atoms with van der Waals surface area (Å²) in [5.74, 6) is 1.28. The number of rotatable bonds is 6. The Bertz CT molecular complexity index is 821. The molecule has 1 aromatic carbocycles. The highest BCUT2D eigenvalue weighted by atomic mass is 16.5. The van der Waals surface area contributed by atoms with E-state index >= 15 is 0 Å². The topological polar surface area (TPSA) is 72.6 Å². The summed E-state index contributed by atoms with van der Waals surface area (Å²) in [6.07, 6.45) is 4.05. The lowest BCUT2D eigenvalue weighted by atomic mass is 10.0. The zero-order chi connectivity index (χ0) is 18.7. The van der Waals surface area contributed by atoms with E-state index in [-0.39, 0.29) is 30.0 Å². The van der Waals surface area contributed by atoms with Crippen LogP contribution in [0.15, 0.2) is 47.0 Å². The van der Waals surface area contributed by atoms with Crippen LogP contribution in [0, 0.1) is 5.92 Å². The second-order valence-corrected chi connectivity index (χ2v) is 6.67. The van der Waals surface area contributed by atoms with Crippen molar-refractivity contribution in [1.29, 1.82) is 0 Å². The summed E-state index contributed by atoms with van der Waals surface area (Å²) in [5, 5.41) is 3.89. The van der Waals surface area contributed by atoms with Crippen molar-refractivity contribution in [3.63, 3.8) is 0 Å². The maximum atomic E-state index is 12.6. The van der Waals surface area contributed by atoms with Crippen LogP contribution < -0.4 is 4.74 Å². The number of ketones is 1. The molecule has 0 unspecified atom stereocenters. The highest BCUT2D eigenvalue weighted by Gasteiger charge is 2.29. The molecule has 1 aliphatic heterocycles. The van der Waals surface area contributed by atoms with E-state index in [1.807, 2.05) is 6.08 Å². The van der Waals surface area contributed by atoms with Crippen molar-refractivity contribution in [3.05, 3.63) is 59.5 Å². The monoisotopic (exact) mass is 354 g/mol. The van der Waals surface area contributed by atoms with Gasteiger partial charge in [0.2, 0.25) is 0 Å². The van der Waals surface area contributed by atoms with E-state index in [4.69, 9.17) is 9.26 Å². The average Bonchev–Trinajstić information content (AvgIpc) is 3.29. The Kier molecular flexibility index (Phi) is 5.21. The van der Waals surface area contributed by atoms with E-state index in [1.165, 1.54) is 6.92 Å². The van der Waals surface area contributed by atoms with Crippen LogP contribution in [0.3, 0.4) is 0 Å². The molecule has 2 aromatic rings. The number of carbonyl (C=O) groups is 2. The molecule has 0 spiro atoms. The Balaban J connectivity index is 1.61. The maximum absolute atomic E-state index is 12.6. The molecule has 0 saturated heterocycles. The number of hydrogen-bond acceptors (Lipinski definition) is 5. The summed E-state index contributed by atoms with van der Waals surface area (Å²) in [7, 11) is 0. The summed E-state index contributed by atoms with van der Waals surface area (Å²) < 4.78 is 10.9. The molecular formula is C20H22N2O4. The van der Waals surface area contributed by atoms with Crippen LogP contribution >= 0.6 is 0 Å². The molecule has 0 radical (unpaired) electrons. The largest absolute Gasteiger partial charge is 0.486 e. The van der Waals surface area contributed by atoms with Crippen molar-refractivity contribution in [2.24, 2.45) is 5.92 Å². The normalized spacial score (nSPS) is 16.3. The fourth-order valence-corrected chi connectivity index (χ4v) is 2.91. The van der Waals surface area contributed by atoms with Gasteiger partial charge in [-0.3, -0.25) is 9.59 Å². The van der Waals surface area contributed by atoms with Crippen LogP contribution in [0.1, 0.15) is 47.4 Å². The van der Waals surface area contributed by atoms with Gasteiger partial charge in [0, 0.05) is 18.2 Å². The smallest absolute Gasteiger partial charge is 0.276 e. The molecule has 0 bridgehead atoms. The Morgan fingerprint density at radius 3 is 2.69 bits per heavy atom. The van der Waals surface area contributed by atoms with Gasteiger partial charge in [0.1, 0.15) is 12.4 Å². The Morgan fingerprint density at radius 2 is 2.04 bits per heavy atom. The first kappa shape index (κ1) is 17.9. The highest BCUT2D eigenvalue weighted by Crippen LogP contribution is 2.21. The minimum Gasteiger partial charge on any atom is -0.486 e. The predicted molar refractivity (Wildman–Crippen MR) is 96.1 cm³/mol. The molecular weight excluding hydrogens is 332 g/mol. The number of ether oxygens (including phenoxy) is 1. The van der Waals surface area contributed by atoms with E-state index in [2.05, 4.69) is 25.1 Å². The predicted octanol–water partition coefficient (Wildman–Crippen LogP) is 3.49. The number of nitrogens with zero attached hydrogens (tertiary/aromatic N) is 2. The molecule has 0 N–H and O–H groups in total. The number of benzene rings is 1. The second kappa shape index (κ2) is 7.56. The van der Waals surface area contributed by atoms with Gasteiger partial charge < -0.3 is 14.2 Å². The Hall–Kier alpha value is -2.89. The average molecular weight is 354 g/mol. The quantitative estimate of drug-likeness (QED) is 0.586. The van der Waals surface area contributed by atoms with Gasteiger partial charge in [-0.15, -0.1) is 0 Å². The lowest BCUT2D eigenvalue weighted by Crippen LogP contribution is -2.39. The minimum atomic E-state index is -0.144.